The first kappa shape index (κ1) is 12.2. The number of hydrogen-bond acceptors (Lipinski definition) is 7. The van der Waals surface area contributed by atoms with E-state index in [1.54, 1.807) is 11.3 Å². The van der Waals surface area contributed by atoms with Crippen molar-refractivity contribution in [3.63, 3.8) is 0 Å². The largest absolute Gasteiger partial charge is 0.386 e. The van der Waals surface area contributed by atoms with Crippen molar-refractivity contribution in [2.75, 3.05) is 12.4 Å². The minimum atomic E-state index is -1.04. The highest BCUT2D eigenvalue weighted by Gasteiger charge is 2.93. The molecule has 1 spiro atoms. The van der Waals surface area contributed by atoms with Gasteiger partial charge in [0.2, 0.25) is 5.06 Å². The van der Waals surface area contributed by atoms with Crippen LogP contribution >= 0.6 is 23.1 Å². The summed E-state index contributed by atoms with van der Waals surface area (Å²) in [5.41, 5.74) is 4.03. The first-order valence-electron chi connectivity index (χ1n) is 6.18. The molecule has 1 saturated carbocycles. The van der Waals surface area contributed by atoms with E-state index < -0.39 is 15.9 Å². The van der Waals surface area contributed by atoms with Gasteiger partial charge in [-0.25, -0.2) is 4.99 Å². The Kier molecular flexibility index (Phi) is 2.17. The van der Waals surface area contributed by atoms with Gasteiger partial charge in [0.1, 0.15) is 11.3 Å². The monoisotopic (exact) mass is 302 g/mol. The summed E-state index contributed by atoms with van der Waals surface area (Å²) in [4.78, 5) is 5.39. The van der Waals surface area contributed by atoms with E-state index in [2.05, 4.69) is 17.1 Å². The number of thioether (sulfide) groups is 1. The lowest BCUT2D eigenvalue weighted by molar-refractivity contribution is 0.0201. The Morgan fingerprint density at radius 1 is 1.45 bits per heavy atom. The maximum absolute atomic E-state index is 9.86. The summed E-state index contributed by atoms with van der Waals surface area (Å²) in [6, 6.07) is 8.51. The molecule has 7 heteroatoms. The van der Waals surface area contributed by atoms with Gasteiger partial charge in [0.15, 0.2) is 5.41 Å². The van der Waals surface area contributed by atoms with Gasteiger partial charge in [-0.1, -0.05) is 17.8 Å². The zero-order valence-corrected chi connectivity index (χ0v) is 12.0. The number of aliphatic imine (C=N–C) groups is 1. The lowest BCUT2D eigenvalue weighted by atomic mass is 9.95. The number of hydrogen-bond donors (Lipinski definition) is 1. The van der Waals surface area contributed by atoms with Crippen LogP contribution < -0.4 is 5.73 Å². The molecule has 0 radical (unpaired) electrons. The Bertz CT molecular complexity index is 695. The summed E-state index contributed by atoms with van der Waals surface area (Å²) in [6.07, 6.45) is 0. The molecule has 1 aromatic rings. The minimum absolute atomic E-state index is 0.243. The molecule has 3 aliphatic rings. The highest BCUT2D eigenvalue weighted by Crippen LogP contribution is 2.84. The zero-order valence-electron chi connectivity index (χ0n) is 10.4. The second-order valence-corrected chi connectivity index (χ2v) is 7.29. The van der Waals surface area contributed by atoms with Crippen LogP contribution in [0, 0.1) is 33.5 Å². The van der Waals surface area contributed by atoms with Crippen molar-refractivity contribution < 1.29 is 4.74 Å². The van der Waals surface area contributed by atoms with E-state index in [0.29, 0.717) is 6.61 Å². The summed E-state index contributed by atoms with van der Waals surface area (Å²) in [5.74, 6) is 0.765. The lowest BCUT2D eigenvalue weighted by Gasteiger charge is -2.25. The zero-order chi connectivity index (χ0) is 14.0. The van der Waals surface area contributed by atoms with Crippen LogP contribution in [0.2, 0.25) is 0 Å². The third kappa shape index (κ3) is 0.977. The summed E-state index contributed by atoms with van der Waals surface area (Å²) >= 11 is 3.03. The van der Waals surface area contributed by atoms with Crippen molar-refractivity contribution in [2.45, 2.75) is 11.0 Å². The molecule has 3 heterocycles. The first-order chi connectivity index (χ1) is 9.68. The molecule has 0 amide bonds. The predicted molar refractivity (Wildman–Crippen MR) is 75.9 cm³/mol. The molecular weight excluding hydrogens is 292 g/mol. The van der Waals surface area contributed by atoms with Crippen LogP contribution in [0.5, 0.6) is 0 Å². The van der Waals surface area contributed by atoms with Crippen molar-refractivity contribution in [1.82, 2.24) is 0 Å². The van der Waals surface area contributed by atoms with Crippen LogP contribution in [0.15, 0.2) is 22.5 Å². The van der Waals surface area contributed by atoms with Crippen LogP contribution in [0.3, 0.4) is 0 Å². The Morgan fingerprint density at radius 3 is 2.85 bits per heavy atom. The van der Waals surface area contributed by atoms with E-state index in [1.165, 1.54) is 11.8 Å². The number of rotatable bonds is 1. The van der Waals surface area contributed by atoms with Gasteiger partial charge in [-0.05, 0) is 11.4 Å². The molecule has 4 rings (SSSR count). The molecule has 5 nitrogen and oxygen atoms in total. The Morgan fingerprint density at radius 2 is 2.30 bits per heavy atom. The number of fused-ring (bicyclic) bond motifs is 2. The lowest BCUT2D eigenvalue weighted by Crippen LogP contribution is -2.33. The maximum atomic E-state index is 9.86. The number of nitrogens with zero attached hydrogens (tertiary/aromatic N) is 3. The molecule has 4 atom stereocenters. The van der Waals surface area contributed by atoms with E-state index in [0.717, 1.165) is 10.6 Å². The van der Waals surface area contributed by atoms with Crippen LogP contribution in [0.4, 0.5) is 0 Å². The quantitative estimate of drug-likeness (QED) is 0.851. The van der Waals surface area contributed by atoms with Gasteiger partial charge in [0.25, 0.3) is 0 Å². The van der Waals surface area contributed by atoms with Gasteiger partial charge < -0.3 is 10.5 Å². The number of ether oxygens (including phenoxy) is 1. The van der Waals surface area contributed by atoms with Crippen LogP contribution in [-0.2, 0) is 4.74 Å². The number of nitriles is 2. The number of amidine groups is 1. The number of thiophene rings is 1. The highest BCUT2D eigenvalue weighted by atomic mass is 32.2. The number of nitrogens with two attached hydrogens (primary N) is 1. The van der Waals surface area contributed by atoms with Crippen molar-refractivity contribution in [3.05, 3.63) is 22.4 Å². The third-order valence-corrected chi connectivity index (χ3v) is 6.66. The minimum Gasteiger partial charge on any atom is -0.386 e. The highest BCUT2D eigenvalue weighted by molar-refractivity contribution is 8.00. The SMILES string of the molecule is N#C[C@@]12[C@@H](c3cccs3)[C@]1(C#N)C(N)=N[C@@]21OCCS1. The average molecular weight is 302 g/mol. The van der Waals surface area contributed by atoms with E-state index in [1.807, 2.05) is 17.5 Å². The summed E-state index contributed by atoms with van der Waals surface area (Å²) in [5, 5.41) is 20.5. The molecule has 1 aliphatic carbocycles. The van der Waals surface area contributed by atoms with E-state index >= 15 is 0 Å². The fraction of sp³-hybridized carbons (Fsp3) is 0.462. The smallest absolute Gasteiger partial charge is 0.230 e. The summed E-state index contributed by atoms with van der Waals surface area (Å²) in [7, 11) is 0. The van der Waals surface area contributed by atoms with E-state index in [-0.39, 0.29) is 11.8 Å². The van der Waals surface area contributed by atoms with Gasteiger partial charge in [-0.3, -0.25) is 0 Å². The fourth-order valence-corrected chi connectivity index (χ4v) is 5.89. The molecular formula is C13H10N4OS2. The molecule has 1 aromatic heterocycles. The summed E-state index contributed by atoms with van der Waals surface area (Å²) in [6.45, 7) is 0.531. The van der Waals surface area contributed by atoms with Gasteiger partial charge in [0, 0.05) is 16.5 Å². The average Bonchev–Trinajstić information content (AvgIpc) is 2.93. The fourth-order valence-electron chi connectivity index (χ4n) is 3.60. The summed E-state index contributed by atoms with van der Waals surface area (Å²) < 4.78 is 5.80. The molecule has 2 aliphatic heterocycles. The van der Waals surface area contributed by atoms with Gasteiger partial charge in [-0.15, -0.1) is 11.3 Å². The van der Waals surface area contributed by atoms with Gasteiger partial charge in [-0.2, -0.15) is 10.5 Å². The molecule has 0 bridgehead atoms. The van der Waals surface area contributed by atoms with E-state index in [9.17, 15) is 10.5 Å². The molecule has 0 unspecified atom stereocenters. The van der Waals surface area contributed by atoms with Gasteiger partial charge >= 0.3 is 0 Å². The molecule has 100 valence electrons. The van der Waals surface area contributed by atoms with Crippen molar-refractivity contribution >= 4 is 28.9 Å². The van der Waals surface area contributed by atoms with Crippen LogP contribution in [0.25, 0.3) is 0 Å². The standard InChI is InChI=1S/C13H10N4OS2/c14-6-11-9(8-2-1-4-19-8)12(11,7-15)13(17-10(11)16)18-3-5-20-13/h1-2,4,9H,3,5H2,(H2,16,17)/t9-,11+,12+,13+/m0/s1. The van der Waals surface area contributed by atoms with Crippen molar-refractivity contribution in [3.8, 4) is 12.1 Å². The third-order valence-electron chi connectivity index (χ3n) is 4.43. The first-order valence-corrected chi connectivity index (χ1v) is 8.05. The van der Waals surface area contributed by atoms with Crippen molar-refractivity contribution in [2.24, 2.45) is 21.6 Å². The Labute approximate surface area is 124 Å². The predicted octanol–water partition coefficient (Wildman–Crippen LogP) is 1.65. The molecule has 2 N–H and O–H groups in total. The van der Waals surface area contributed by atoms with Crippen molar-refractivity contribution in [1.29, 1.82) is 10.5 Å². The van der Waals surface area contributed by atoms with Gasteiger partial charge in [0.05, 0.1) is 18.7 Å². The molecule has 0 aromatic carbocycles. The Balaban J connectivity index is 1.96. The topological polar surface area (TPSA) is 95.2 Å². The normalized spacial score (nSPS) is 44.7. The maximum Gasteiger partial charge on any atom is 0.230 e. The van der Waals surface area contributed by atoms with Crippen LogP contribution in [0.1, 0.15) is 10.8 Å². The van der Waals surface area contributed by atoms with E-state index in [4.69, 9.17) is 10.5 Å². The second kappa shape index (κ2) is 3.56. The molecule has 2 fully saturated rings. The van der Waals surface area contributed by atoms with Crippen LogP contribution in [-0.4, -0.2) is 23.3 Å². The molecule has 1 saturated heterocycles. The second-order valence-electron chi connectivity index (χ2n) is 5.06. The molecule has 20 heavy (non-hydrogen) atoms. The Hall–Kier alpha value is -1.54.